The summed E-state index contributed by atoms with van der Waals surface area (Å²) in [5.41, 5.74) is 4.15. The number of ether oxygens (including phenoxy) is 1. The van der Waals surface area contributed by atoms with Crippen molar-refractivity contribution in [2.45, 2.75) is 26.3 Å². The number of rotatable bonds is 5. The summed E-state index contributed by atoms with van der Waals surface area (Å²) in [6, 6.07) is 0.857. The van der Waals surface area contributed by atoms with Crippen LogP contribution >= 0.6 is 0 Å². The van der Waals surface area contributed by atoms with Crippen molar-refractivity contribution in [2.24, 2.45) is 5.73 Å². The predicted octanol–water partition coefficient (Wildman–Crippen LogP) is 1.72. The Labute approximate surface area is 102 Å². The van der Waals surface area contributed by atoms with Gasteiger partial charge in [-0.15, -0.1) is 0 Å². The number of hydrogen-bond acceptors (Lipinski definition) is 4. The molecule has 0 fully saturated rings. The molecule has 7 heteroatoms. The Balaban J connectivity index is 3.06. The molecule has 4 nitrogen and oxygen atoms in total. The van der Waals surface area contributed by atoms with Crippen LogP contribution in [0.1, 0.15) is 30.3 Å². The van der Waals surface area contributed by atoms with Gasteiger partial charge in [0.1, 0.15) is 0 Å². The van der Waals surface area contributed by atoms with Crippen molar-refractivity contribution in [3.8, 4) is 0 Å². The van der Waals surface area contributed by atoms with E-state index >= 15 is 0 Å². The first-order chi connectivity index (χ1) is 8.49. The standard InChI is InChI=1S/C11H13F3N2O2/c1-2-18-9(17)4-6-3-7(11(13)14)10(12)8(5-15)16-6/h3,11H,2,4-5,15H2,1H3. The molecule has 2 N–H and O–H groups in total. The van der Waals surface area contributed by atoms with Gasteiger partial charge in [0.2, 0.25) is 0 Å². The lowest BCUT2D eigenvalue weighted by Crippen LogP contribution is -2.13. The Hall–Kier alpha value is -1.63. The minimum atomic E-state index is -2.99. The zero-order valence-corrected chi connectivity index (χ0v) is 9.75. The lowest BCUT2D eigenvalue weighted by atomic mass is 10.1. The molecule has 0 saturated heterocycles. The Morgan fingerprint density at radius 3 is 2.72 bits per heavy atom. The molecule has 1 rings (SSSR count). The highest BCUT2D eigenvalue weighted by Crippen LogP contribution is 2.24. The van der Waals surface area contributed by atoms with Gasteiger partial charge in [0.15, 0.2) is 5.82 Å². The molecule has 0 aliphatic rings. The highest BCUT2D eigenvalue weighted by Gasteiger charge is 2.20. The van der Waals surface area contributed by atoms with Crippen LogP contribution in [-0.4, -0.2) is 17.6 Å². The number of alkyl halides is 2. The van der Waals surface area contributed by atoms with Crippen LogP contribution in [0.15, 0.2) is 6.07 Å². The number of pyridine rings is 1. The molecular weight excluding hydrogens is 249 g/mol. The third-order valence-electron chi connectivity index (χ3n) is 2.17. The van der Waals surface area contributed by atoms with Crippen LogP contribution < -0.4 is 5.73 Å². The fourth-order valence-corrected chi connectivity index (χ4v) is 1.41. The maximum absolute atomic E-state index is 13.5. The number of nitrogens with two attached hydrogens (primary N) is 1. The maximum Gasteiger partial charge on any atom is 0.311 e. The molecule has 0 spiro atoms. The first kappa shape index (κ1) is 14.4. The highest BCUT2D eigenvalue weighted by atomic mass is 19.3. The Morgan fingerprint density at radius 1 is 1.56 bits per heavy atom. The molecule has 0 saturated carbocycles. The van der Waals surface area contributed by atoms with Gasteiger partial charge < -0.3 is 10.5 Å². The molecule has 0 aliphatic heterocycles. The van der Waals surface area contributed by atoms with E-state index < -0.39 is 23.8 Å². The van der Waals surface area contributed by atoms with Crippen LogP contribution in [0.5, 0.6) is 0 Å². The van der Waals surface area contributed by atoms with Gasteiger partial charge in [-0.1, -0.05) is 0 Å². The zero-order valence-electron chi connectivity index (χ0n) is 9.75. The molecule has 0 aromatic carbocycles. The van der Waals surface area contributed by atoms with Gasteiger partial charge in [0.05, 0.1) is 30.0 Å². The third-order valence-corrected chi connectivity index (χ3v) is 2.17. The second-order valence-corrected chi connectivity index (χ2v) is 3.45. The van der Waals surface area contributed by atoms with Gasteiger partial charge in [-0.25, -0.2) is 13.2 Å². The van der Waals surface area contributed by atoms with E-state index in [0.717, 1.165) is 6.07 Å². The van der Waals surface area contributed by atoms with E-state index in [9.17, 15) is 18.0 Å². The molecule has 1 heterocycles. The smallest absolute Gasteiger partial charge is 0.311 e. The summed E-state index contributed by atoms with van der Waals surface area (Å²) in [6.45, 7) is 1.47. The summed E-state index contributed by atoms with van der Waals surface area (Å²) < 4.78 is 43.3. The molecule has 0 unspecified atom stereocenters. The summed E-state index contributed by atoms with van der Waals surface area (Å²) in [4.78, 5) is 14.9. The number of carbonyl (C=O) groups is 1. The number of hydrogen-bond donors (Lipinski definition) is 1. The van der Waals surface area contributed by atoms with E-state index in [1.54, 1.807) is 6.92 Å². The Bertz CT molecular complexity index is 439. The molecule has 100 valence electrons. The first-order valence-electron chi connectivity index (χ1n) is 5.31. The predicted molar refractivity (Wildman–Crippen MR) is 57.4 cm³/mol. The van der Waals surface area contributed by atoms with Crippen molar-refractivity contribution in [1.29, 1.82) is 0 Å². The Kier molecular flexibility index (Phi) is 5.08. The number of halogens is 3. The van der Waals surface area contributed by atoms with Crippen LogP contribution in [0.25, 0.3) is 0 Å². The lowest BCUT2D eigenvalue weighted by Gasteiger charge is -2.09. The van der Waals surface area contributed by atoms with E-state index in [2.05, 4.69) is 9.72 Å². The summed E-state index contributed by atoms with van der Waals surface area (Å²) in [5, 5.41) is 0. The number of aromatic nitrogens is 1. The quantitative estimate of drug-likeness (QED) is 0.820. The van der Waals surface area contributed by atoms with Crippen LogP contribution in [0, 0.1) is 5.82 Å². The zero-order chi connectivity index (χ0) is 13.7. The average molecular weight is 262 g/mol. The van der Waals surface area contributed by atoms with Gasteiger partial charge in [0, 0.05) is 6.54 Å². The van der Waals surface area contributed by atoms with Crippen LogP contribution in [0.3, 0.4) is 0 Å². The van der Waals surface area contributed by atoms with E-state index in [4.69, 9.17) is 5.73 Å². The fraction of sp³-hybridized carbons (Fsp3) is 0.455. The van der Waals surface area contributed by atoms with Crippen molar-refractivity contribution in [2.75, 3.05) is 6.61 Å². The largest absolute Gasteiger partial charge is 0.466 e. The van der Waals surface area contributed by atoms with E-state index in [0.29, 0.717) is 0 Å². The summed E-state index contributed by atoms with van der Waals surface area (Å²) >= 11 is 0. The van der Waals surface area contributed by atoms with Crippen molar-refractivity contribution in [3.63, 3.8) is 0 Å². The summed E-state index contributed by atoms with van der Waals surface area (Å²) in [5.74, 6) is -1.74. The topological polar surface area (TPSA) is 65.2 Å². The van der Waals surface area contributed by atoms with E-state index in [-0.39, 0.29) is 31.0 Å². The Morgan fingerprint density at radius 2 is 2.22 bits per heavy atom. The minimum Gasteiger partial charge on any atom is -0.466 e. The molecule has 0 radical (unpaired) electrons. The SMILES string of the molecule is CCOC(=O)Cc1cc(C(F)F)c(F)c(CN)n1. The van der Waals surface area contributed by atoms with Crippen molar-refractivity contribution in [1.82, 2.24) is 4.98 Å². The van der Waals surface area contributed by atoms with Gasteiger partial charge >= 0.3 is 5.97 Å². The molecular formula is C11H13F3N2O2. The summed E-state index contributed by atoms with van der Waals surface area (Å²) in [6.07, 6.45) is -3.28. The normalized spacial score (nSPS) is 10.8. The third kappa shape index (κ3) is 3.43. The van der Waals surface area contributed by atoms with Crippen LogP contribution in [0.2, 0.25) is 0 Å². The lowest BCUT2D eigenvalue weighted by molar-refractivity contribution is -0.142. The van der Waals surface area contributed by atoms with E-state index in [1.165, 1.54) is 0 Å². The first-order valence-corrected chi connectivity index (χ1v) is 5.31. The monoisotopic (exact) mass is 262 g/mol. The second-order valence-electron chi connectivity index (χ2n) is 3.45. The van der Waals surface area contributed by atoms with Gasteiger partial charge in [0.25, 0.3) is 6.43 Å². The molecule has 0 amide bonds. The van der Waals surface area contributed by atoms with Gasteiger partial charge in [-0.05, 0) is 13.0 Å². The summed E-state index contributed by atoms with van der Waals surface area (Å²) in [7, 11) is 0. The molecule has 0 bridgehead atoms. The molecule has 0 atom stereocenters. The van der Waals surface area contributed by atoms with E-state index in [1.807, 2.05) is 0 Å². The van der Waals surface area contributed by atoms with Crippen LogP contribution in [-0.2, 0) is 22.5 Å². The average Bonchev–Trinajstić information content (AvgIpc) is 2.31. The van der Waals surface area contributed by atoms with Crippen molar-refractivity contribution in [3.05, 3.63) is 28.8 Å². The fourth-order valence-electron chi connectivity index (χ4n) is 1.41. The maximum atomic E-state index is 13.5. The van der Waals surface area contributed by atoms with Gasteiger partial charge in [-0.3, -0.25) is 9.78 Å². The van der Waals surface area contributed by atoms with Crippen molar-refractivity contribution >= 4 is 5.97 Å². The highest BCUT2D eigenvalue weighted by molar-refractivity contribution is 5.72. The molecule has 1 aromatic heterocycles. The second kappa shape index (κ2) is 6.34. The van der Waals surface area contributed by atoms with Gasteiger partial charge in [-0.2, -0.15) is 0 Å². The number of carbonyl (C=O) groups excluding carboxylic acids is 1. The minimum absolute atomic E-state index is 0.0191. The number of nitrogens with zero attached hydrogens (tertiary/aromatic N) is 1. The molecule has 1 aromatic rings. The molecule has 0 aliphatic carbocycles. The number of esters is 1. The van der Waals surface area contributed by atoms with Crippen molar-refractivity contribution < 1.29 is 22.7 Å². The van der Waals surface area contributed by atoms with Crippen LogP contribution in [0.4, 0.5) is 13.2 Å². The molecule has 18 heavy (non-hydrogen) atoms.